The number of thiazole rings is 1. The minimum Gasteiger partial charge on any atom is -0.486 e. The van der Waals surface area contributed by atoms with E-state index in [1.807, 2.05) is 30.3 Å². The fraction of sp³-hybridized carbons (Fsp3) is 0.357. The van der Waals surface area contributed by atoms with Gasteiger partial charge in [0, 0.05) is 18.0 Å². The van der Waals surface area contributed by atoms with Crippen LogP contribution < -0.4 is 10.1 Å². The van der Waals surface area contributed by atoms with Crippen LogP contribution in [0.25, 0.3) is 0 Å². The Morgan fingerprint density at radius 2 is 2.11 bits per heavy atom. The highest BCUT2D eigenvalue weighted by Crippen LogP contribution is 2.20. The van der Waals surface area contributed by atoms with E-state index in [1.54, 1.807) is 11.3 Å². The monoisotopic (exact) mass is 260 g/mol. The topological polar surface area (TPSA) is 34.1 Å². The van der Waals surface area contributed by atoms with Crippen molar-refractivity contribution in [2.75, 3.05) is 0 Å². The van der Waals surface area contributed by atoms with Gasteiger partial charge in [-0.3, -0.25) is 0 Å². The van der Waals surface area contributed by atoms with E-state index in [9.17, 15) is 0 Å². The first-order valence-electron chi connectivity index (χ1n) is 6.25. The van der Waals surface area contributed by atoms with Crippen molar-refractivity contribution in [3.05, 3.63) is 46.4 Å². The van der Waals surface area contributed by atoms with Crippen LogP contribution in [0.2, 0.25) is 0 Å². The van der Waals surface area contributed by atoms with E-state index in [-0.39, 0.29) is 0 Å². The Hall–Kier alpha value is -1.39. The van der Waals surface area contributed by atoms with Crippen molar-refractivity contribution in [3.8, 4) is 5.75 Å². The zero-order valence-electron chi connectivity index (χ0n) is 10.1. The molecule has 0 atom stereocenters. The lowest BCUT2D eigenvalue weighted by Crippen LogP contribution is -2.15. The lowest BCUT2D eigenvalue weighted by Gasteiger charge is -2.02. The van der Waals surface area contributed by atoms with Gasteiger partial charge in [0.25, 0.3) is 0 Å². The summed E-state index contributed by atoms with van der Waals surface area (Å²) in [5.41, 5.74) is 1.12. The molecule has 1 N–H and O–H groups in total. The summed E-state index contributed by atoms with van der Waals surface area (Å²) >= 11 is 1.66. The Morgan fingerprint density at radius 1 is 1.28 bits per heavy atom. The maximum Gasteiger partial charge on any atom is 0.140 e. The van der Waals surface area contributed by atoms with Gasteiger partial charge < -0.3 is 10.1 Å². The van der Waals surface area contributed by atoms with E-state index in [1.165, 1.54) is 12.8 Å². The fourth-order valence-electron chi connectivity index (χ4n) is 1.69. The van der Waals surface area contributed by atoms with Gasteiger partial charge >= 0.3 is 0 Å². The Labute approximate surface area is 111 Å². The van der Waals surface area contributed by atoms with E-state index >= 15 is 0 Å². The minimum atomic E-state index is 0.554. The molecule has 0 aliphatic heterocycles. The first kappa shape index (κ1) is 11.7. The number of nitrogens with zero attached hydrogens (tertiary/aromatic N) is 1. The lowest BCUT2D eigenvalue weighted by atomic mass is 10.3. The van der Waals surface area contributed by atoms with Gasteiger partial charge in [-0.15, -0.1) is 11.3 Å². The van der Waals surface area contributed by atoms with Crippen LogP contribution in [0.15, 0.2) is 35.7 Å². The average molecular weight is 260 g/mol. The molecule has 0 unspecified atom stereocenters. The van der Waals surface area contributed by atoms with Crippen molar-refractivity contribution in [1.29, 1.82) is 0 Å². The molecular weight excluding hydrogens is 244 g/mol. The molecule has 94 valence electrons. The van der Waals surface area contributed by atoms with Crippen molar-refractivity contribution in [2.45, 2.75) is 32.0 Å². The van der Waals surface area contributed by atoms with Crippen LogP contribution in [-0.4, -0.2) is 11.0 Å². The molecule has 0 saturated heterocycles. The molecule has 0 bridgehead atoms. The predicted octanol–water partition coefficient (Wildman–Crippen LogP) is 2.97. The Bertz CT molecular complexity index is 494. The number of para-hydroxylation sites is 1. The van der Waals surface area contributed by atoms with E-state index in [0.29, 0.717) is 6.61 Å². The summed E-state index contributed by atoms with van der Waals surface area (Å²) in [7, 11) is 0. The second-order valence-corrected chi connectivity index (χ2v) is 5.43. The summed E-state index contributed by atoms with van der Waals surface area (Å²) in [5, 5.41) is 6.61. The summed E-state index contributed by atoms with van der Waals surface area (Å²) in [5.74, 6) is 0.894. The zero-order chi connectivity index (χ0) is 12.2. The quantitative estimate of drug-likeness (QED) is 0.867. The summed E-state index contributed by atoms with van der Waals surface area (Å²) in [6.45, 7) is 1.44. The van der Waals surface area contributed by atoms with E-state index in [2.05, 4.69) is 15.7 Å². The van der Waals surface area contributed by atoms with Crippen molar-refractivity contribution < 1.29 is 4.74 Å². The number of aromatic nitrogens is 1. The predicted molar refractivity (Wildman–Crippen MR) is 72.7 cm³/mol. The standard InChI is InChI=1S/C14H16N2OS/c1-2-4-13(5-3-1)17-9-14-16-12(10-18-14)8-15-11-6-7-11/h1-5,10-11,15H,6-9H2. The van der Waals surface area contributed by atoms with Gasteiger partial charge in [0.1, 0.15) is 17.4 Å². The Balaban J connectivity index is 1.50. The molecule has 1 aromatic carbocycles. The molecule has 0 spiro atoms. The van der Waals surface area contributed by atoms with Crippen LogP contribution in [0.5, 0.6) is 5.75 Å². The Kier molecular flexibility index (Phi) is 3.57. The molecule has 3 nitrogen and oxygen atoms in total. The molecule has 0 amide bonds. The molecule has 2 aromatic rings. The van der Waals surface area contributed by atoms with E-state index in [4.69, 9.17) is 4.74 Å². The summed E-state index contributed by atoms with van der Waals surface area (Å²) in [6.07, 6.45) is 2.63. The number of hydrogen-bond acceptors (Lipinski definition) is 4. The SMILES string of the molecule is c1ccc(OCc2nc(CNC3CC3)cs2)cc1. The smallest absolute Gasteiger partial charge is 0.140 e. The summed E-state index contributed by atoms with van der Waals surface area (Å²) in [4.78, 5) is 4.56. The van der Waals surface area contributed by atoms with Gasteiger partial charge in [-0.1, -0.05) is 18.2 Å². The highest BCUT2D eigenvalue weighted by atomic mass is 32.1. The van der Waals surface area contributed by atoms with Gasteiger partial charge in [-0.25, -0.2) is 4.98 Å². The highest BCUT2D eigenvalue weighted by molar-refractivity contribution is 7.09. The first-order valence-corrected chi connectivity index (χ1v) is 7.12. The third-order valence-electron chi connectivity index (χ3n) is 2.85. The minimum absolute atomic E-state index is 0.554. The van der Waals surface area contributed by atoms with Crippen LogP contribution >= 0.6 is 11.3 Å². The largest absolute Gasteiger partial charge is 0.486 e. The van der Waals surface area contributed by atoms with Crippen LogP contribution in [0.4, 0.5) is 0 Å². The molecule has 1 aliphatic rings. The molecule has 1 heterocycles. The van der Waals surface area contributed by atoms with Crippen LogP contribution in [0, 0.1) is 0 Å². The van der Waals surface area contributed by atoms with E-state index < -0.39 is 0 Å². The average Bonchev–Trinajstić information content (AvgIpc) is 3.14. The third-order valence-corrected chi connectivity index (χ3v) is 3.73. The number of ether oxygens (including phenoxy) is 1. The molecule has 3 rings (SSSR count). The van der Waals surface area contributed by atoms with Crippen LogP contribution in [0.1, 0.15) is 23.5 Å². The molecule has 1 saturated carbocycles. The van der Waals surface area contributed by atoms with Gasteiger partial charge in [-0.05, 0) is 25.0 Å². The molecule has 1 aliphatic carbocycles. The molecule has 1 fully saturated rings. The van der Waals surface area contributed by atoms with Crippen molar-refractivity contribution in [3.63, 3.8) is 0 Å². The highest BCUT2D eigenvalue weighted by Gasteiger charge is 2.20. The maximum absolute atomic E-state index is 5.67. The summed E-state index contributed by atoms with van der Waals surface area (Å²) in [6, 6.07) is 10.6. The number of nitrogens with one attached hydrogen (secondary N) is 1. The van der Waals surface area contributed by atoms with Crippen molar-refractivity contribution in [2.24, 2.45) is 0 Å². The molecule has 0 radical (unpaired) electrons. The summed E-state index contributed by atoms with van der Waals surface area (Å²) < 4.78 is 5.67. The lowest BCUT2D eigenvalue weighted by molar-refractivity contribution is 0.305. The van der Waals surface area contributed by atoms with Gasteiger partial charge in [0.2, 0.25) is 0 Å². The molecule has 1 aromatic heterocycles. The van der Waals surface area contributed by atoms with Gasteiger partial charge in [0.15, 0.2) is 0 Å². The number of rotatable bonds is 6. The Morgan fingerprint density at radius 3 is 2.89 bits per heavy atom. The molecular formula is C14H16N2OS. The number of benzene rings is 1. The van der Waals surface area contributed by atoms with Crippen molar-refractivity contribution in [1.82, 2.24) is 10.3 Å². The zero-order valence-corrected chi connectivity index (χ0v) is 11.0. The fourth-order valence-corrected chi connectivity index (χ4v) is 2.40. The maximum atomic E-state index is 5.67. The number of hydrogen-bond donors (Lipinski definition) is 1. The third kappa shape index (κ3) is 3.31. The van der Waals surface area contributed by atoms with Crippen LogP contribution in [0.3, 0.4) is 0 Å². The van der Waals surface area contributed by atoms with Crippen molar-refractivity contribution >= 4 is 11.3 Å². The normalized spacial score (nSPS) is 14.7. The van der Waals surface area contributed by atoms with Crippen LogP contribution in [-0.2, 0) is 13.2 Å². The molecule has 18 heavy (non-hydrogen) atoms. The second-order valence-electron chi connectivity index (χ2n) is 4.49. The van der Waals surface area contributed by atoms with Gasteiger partial charge in [-0.2, -0.15) is 0 Å². The molecule has 4 heteroatoms. The second kappa shape index (κ2) is 5.50. The first-order chi connectivity index (χ1) is 8.90. The van der Waals surface area contributed by atoms with Gasteiger partial charge in [0.05, 0.1) is 5.69 Å². The van der Waals surface area contributed by atoms with E-state index in [0.717, 1.165) is 29.0 Å².